The Morgan fingerprint density at radius 3 is 2.56 bits per heavy atom. The lowest BCUT2D eigenvalue weighted by Gasteiger charge is -2.26. The quantitative estimate of drug-likeness (QED) is 0.924. The highest BCUT2D eigenvalue weighted by atomic mass is 35.5. The van der Waals surface area contributed by atoms with Crippen molar-refractivity contribution in [2.24, 2.45) is 0 Å². The van der Waals surface area contributed by atoms with Crippen LogP contribution < -0.4 is 5.32 Å². The summed E-state index contributed by atoms with van der Waals surface area (Å²) in [6.07, 6.45) is 5.67. The number of piperidine rings is 1. The highest BCUT2D eigenvalue weighted by Crippen LogP contribution is 2.31. The van der Waals surface area contributed by atoms with E-state index < -0.39 is 10.0 Å². The van der Waals surface area contributed by atoms with Crippen molar-refractivity contribution in [1.82, 2.24) is 9.29 Å². The minimum atomic E-state index is -3.50. The molecule has 1 aromatic rings. The molecule has 1 fully saturated rings. The molecule has 1 aliphatic heterocycles. The van der Waals surface area contributed by atoms with Gasteiger partial charge in [0.15, 0.2) is 0 Å². The number of hydrogen-bond donors (Lipinski definition) is 1. The van der Waals surface area contributed by atoms with Crippen LogP contribution in [0.25, 0.3) is 0 Å². The first kappa shape index (κ1) is 13.6. The van der Waals surface area contributed by atoms with E-state index in [1.807, 2.05) is 0 Å². The molecule has 7 heteroatoms. The number of hydrogen-bond acceptors (Lipinski definition) is 4. The Kier molecular flexibility index (Phi) is 4.09. The van der Waals surface area contributed by atoms with Gasteiger partial charge in [-0.1, -0.05) is 18.0 Å². The fourth-order valence-corrected chi connectivity index (χ4v) is 4.09. The molecule has 100 valence electrons. The molecule has 5 nitrogen and oxygen atoms in total. The summed E-state index contributed by atoms with van der Waals surface area (Å²) in [5.74, 6) is 0. The summed E-state index contributed by atoms with van der Waals surface area (Å²) in [6, 6.07) is 0. The van der Waals surface area contributed by atoms with E-state index >= 15 is 0 Å². The molecule has 0 atom stereocenters. The van der Waals surface area contributed by atoms with Gasteiger partial charge in [-0.3, -0.25) is 4.98 Å². The average Bonchev–Trinajstić information content (AvgIpc) is 2.39. The Hall–Kier alpha value is -0.850. The molecule has 0 amide bonds. The zero-order chi connectivity index (χ0) is 13.2. The lowest BCUT2D eigenvalue weighted by molar-refractivity contribution is 0.346. The summed E-state index contributed by atoms with van der Waals surface area (Å²) >= 11 is 5.97. The number of nitrogens with one attached hydrogen (secondary N) is 1. The van der Waals surface area contributed by atoms with Crippen LogP contribution in [0.15, 0.2) is 17.3 Å². The lowest BCUT2D eigenvalue weighted by Crippen LogP contribution is -2.36. The molecule has 0 saturated carbocycles. The Balaban J connectivity index is 2.43. The summed E-state index contributed by atoms with van der Waals surface area (Å²) in [5, 5.41) is 3.15. The van der Waals surface area contributed by atoms with Crippen LogP contribution in [-0.4, -0.2) is 37.8 Å². The lowest BCUT2D eigenvalue weighted by atomic mass is 10.2. The van der Waals surface area contributed by atoms with Crippen LogP contribution in [0.4, 0.5) is 5.69 Å². The van der Waals surface area contributed by atoms with E-state index in [1.165, 1.54) is 16.7 Å². The van der Waals surface area contributed by atoms with E-state index in [2.05, 4.69) is 10.3 Å². The van der Waals surface area contributed by atoms with Gasteiger partial charge in [-0.25, -0.2) is 8.42 Å². The molecule has 0 spiro atoms. The molecule has 0 aliphatic carbocycles. The van der Waals surface area contributed by atoms with Gasteiger partial charge in [-0.05, 0) is 12.8 Å². The first-order valence-electron chi connectivity index (χ1n) is 5.89. The second-order valence-corrected chi connectivity index (χ2v) is 6.52. The van der Waals surface area contributed by atoms with E-state index in [-0.39, 0.29) is 4.90 Å². The van der Waals surface area contributed by atoms with Crippen LogP contribution in [0.5, 0.6) is 0 Å². The Morgan fingerprint density at radius 2 is 1.94 bits per heavy atom. The van der Waals surface area contributed by atoms with Crippen LogP contribution in [-0.2, 0) is 10.0 Å². The van der Waals surface area contributed by atoms with Gasteiger partial charge in [-0.15, -0.1) is 0 Å². The van der Waals surface area contributed by atoms with E-state index in [1.54, 1.807) is 7.05 Å². The topological polar surface area (TPSA) is 62.3 Å². The number of sulfonamides is 1. The van der Waals surface area contributed by atoms with E-state index in [0.29, 0.717) is 23.8 Å². The molecular formula is C11H16ClN3O2S. The highest BCUT2D eigenvalue weighted by molar-refractivity contribution is 7.89. The Labute approximate surface area is 112 Å². The van der Waals surface area contributed by atoms with Crippen molar-refractivity contribution in [3.63, 3.8) is 0 Å². The van der Waals surface area contributed by atoms with Gasteiger partial charge in [0.25, 0.3) is 0 Å². The molecule has 0 bridgehead atoms. The number of anilines is 1. The van der Waals surface area contributed by atoms with E-state index in [0.717, 1.165) is 19.3 Å². The van der Waals surface area contributed by atoms with Crippen LogP contribution in [0, 0.1) is 0 Å². The van der Waals surface area contributed by atoms with Gasteiger partial charge in [0.2, 0.25) is 10.0 Å². The zero-order valence-corrected chi connectivity index (χ0v) is 11.8. The van der Waals surface area contributed by atoms with Crippen LogP contribution in [0.1, 0.15) is 19.3 Å². The molecule has 0 unspecified atom stereocenters. The van der Waals surface area contributed by atoms with Crippen LogP contribution in [0.2, 0.25) is 5.02 Å². The van der Waals surface area contributed by atoms with Gasteiger partial charge in [0.05, 0.1) is 10.7 Å². The smallest absolute Gasteiger partial charge is 0.246 e. The third-order valence-corrected chi connectivity index (χ3v) is 5.24. The normalized spacial score (nSPS) is 17.7. The van der Waals surface area contributed by atoms with Gasteiger partial charge >= 0.3 is 0 Å². The maximum Gasteiger partial charge on any atom is 0.246 e. The molecule has 1 saturated heterocycles. The molecule has 1 aliphatic rings. The molecule has 2 rings (SSSR count). The molecule has 2 heterocycles. The van der Waals surface area contributed by atoms with E-state index in [9.17, 15) is 8.42 Å². The summed E-state index contributed by atoms with van der Waals surface area (Å²) in [6.45, 7) is 1.13. The number of aromatic nitrogens is 1. The summed E-state index contributed by atoms with van der Waals surface area (Å²) < 4.78 is 26.5. The maximum atomic E-state index is 12.5. The van der Waals surface area contributed by atoms with Crippen LogP contribution in [0.3, 0.4) is 0 Å². The summed E-state index contributed by atoms with van der Waals surface area (Å²) in [4.78, 5) is 4.03. The first-order valence-corrected chi connectivity index (χ1v) is 7.70. The summed E-state index contributed by atoms with van der Waals surface area (Å²) in [7, 11) is -1.85. The first-order chi connectivity index (χ1) is 8.57. The second-order valence-electron chi connectivity index (χ2n) is 4.21. The van der Waals surface area contributed by atoms with Crippen molar-refractivity contribution in [2.75, 3.05) is 25.5 Å². The standard InChI is InChI=1S/C11H16ClN3O2S/c1-13-11-9(12)7-14-8-10(11)18(16,17)15-5-3-2-4-6-15/h7-8H,2-6H2,1H3,(H,13,14). The minimum Gasteiger partial charge on any atom is -0.386 e. The zero-order valence-electron chi connectivity index (χ0n) is 10.2. The molecule has 1 N–H and O–H groups in total. The van der Waals surface area contributed by atoms with Gasteiger partial charge in [-0.2, -0.15) is 4.31 Å². The van der Waals surface area contributed by atoms with Crippen LogP contribution >= 0.6 is 11.6 Å². The third kappa shape index (κ3) is 2.46. The van der Waals surface area contributed by atoms with Gasteiger partial charge in [0, 0.05) is 32.5 Å². The molecular weight excluding hydrogens is 274 g/mol. The fourth-order valence-electron chi connectivity index (χ4n) is 2.10. The molecule has 18 heavy (non-hydrogen) atoms. The predicted molar refractivity (Wildman–Crippen MR) is 71.4 cm³/mol. The fraction of sp³-hybridized carbons (Fsp3) is 0.545. The Morgan fingerprint density at radius 1 is 1.28 bits per heavy atom. The number of rotatable bonds is 3. The molecule has 1 aromatic heterocycles. The number of nitrogens with zero attached hydrogens (tertiary/aromatic N) is 2. The van der Waals surface area contributed by atoms with Gasteiger partial charge < -0.3 is 5.32 Å². The average molecular weight is 290 g/mol. The van der Waals surface area contributed by atoms with Crippen molar-refractivity contribution in [3.05, 3.63) is 17.4 Å². The molecule has 0 aromatic carbocycles. The SMILES string of the molecule is CNc1c(Cl)cncc1S(=O)(=O)N1CCCCC1. The maximum absolute atomic E-state index is 12.5. The summed E-state index contributed by atoms with van der Waals surface area (Å²) in [5.41, 5.74) is 0.414. The Bertz CT molecular complexity index is 527. The third-order valence-electron chi connectivity index (χ3n) is 3.05. The van der Waals surface area contributed by atoms with Crippen molar-refractivity contribution in [2.45, 2.75) is 24.2 Å². The van der Waals surface area contributed by atoms with Crippen molar-refractivity contribution >= 4 is 27.3 Å². The highest BCUT2D eigenvalue weighted by Gasteiger charge is 2.29. The van der Waals surface area contributed by atoms with Crippen molar-refractivity contribution in [3.8, 4) is 0 Å². The monoisotopic (exact) mass is 289 g/mol. The van der Waals surface area contributed by atoms with E-state index in [4.69, 9.17) is 11.6 Å². The number of halogens is 1. The largest absolute Gasteiger partial charge is 0.386 e. The van der Waals surface area contributed by atoms with Gasteiger partial charge in [0.1, 0.15) is 4.90 Å². The van der Waals surface area contributed by atoms with Crippen molar-refractivity contribution < 1.29 is 8.42 Å². The van der Waals surface area contributed by atoms with Crippen molar-refractivity contribution in [1.29, 1.82) is 0 Å². The second kappa shape index (κ2) is 5.42. The number of pyridine rings is 1. The molecule has 0 radical (unpaired) electrons. The minimum absolute atomic E-state index is 0.152. The predicted octanol–water partition coefficient (Wildman–Crippen LogP) is 1.95.